The molecule has 0 spiro atoms. The van der Waals surface area contributed by atoms with Gasteiger partial charge in [-0.25, -0.2) is 0 Å². The molecule has 2 aliphatic heterocycles. The normalized spacial score (nSPS) is 13.5. The molecule has 0 atom stereocenters. The summed E-state index contributed by atoms with van der Waals surface area (Å²) in [5, 5.41) is 6.01. The first-order valence-corrected chi connectivity index (χ1v) is 26.8. The predicted octanol–water partition coefficient (Wildman–Crippen LogP) is 17.3. The quantitative estimate of drug-likeness (QED) is 0.149. The highest BCUT2D eigenvalue weighted by molar-refractivity contribution is 6.88. The van der Waals surface area contributed by atoms with Crippen molar-refractivity contribution >= 4 is 68.9 Å². The zero-order chi connectivity index (χ0) is 45.2. The van der Waals surface area contributed by atoms with Gasteiger partial charge in [0.15, 0.2) is 0 Å². The van der Waals surface area contributed by atoms with Crippen LogP contribution in [0.3, 0.4) is 0 Å². The summed E-state index contributed by atoms with van der Waals surface area (Å²) < 4.78 is 13.9. The lowest BCUT2D eigenvalue weighted by Gasteiger charge is -2.31. The van der Waals surface area contributed by atoms with Crippen molar-refractivity contribution < 1.29 is 9.47 Å². The van der Waals surface area contributed by atoms with Crippen LogP contribution in [0.5, 0.6) is 23.0 Å². The molecular weight excluding hydrogens is 833 g/mol. The van der Waals surface area contributed by atoms with Gasteiger partial charge >= 0.3 is 0 Å². The highest BCUT2D eigenvalue weighted by Crippen LogP contribution is 2.57. The number of rotatable bonds is 7. The molecule has 0 bridgehead atoms. The average Bonchev–Trinajstić information content (AvgIpc) is 3.58. The molecule has 13 rings (SSSR count). The van der Waals surface area contributed by atoms with Crippen LogP contribution in [0.1, 0.15) is 25.0 Å². The van der Waals surface area contributed by atoms with E-state index in [2.05, 4.69) is 243 Å². The van der Waals surface area contributed by atoms with Crippen LogP contribution in [0.4, 0.5) is 34.1 Å². The van der Waals surface area contributed by atoms with Crippen LogP contribution < -0.4 is 24.5 Å². The van der Waals surface area contributed by atoms with Gasteiger partial charge in [-0.15, -0.1) is 0 Å². The fraction of sp³-hybridized carbons (Fsp3) is 0.0968. The third-order valence-corrected chi connectivity index (χ3v) is 16.4. The van der Waals surface area contributed by atoms with E-state index in [0.717, 1.165) is 90.1 Å². The molecule has 322 valence electrons. The van der Waals surface area contributed by atoms with E-state index in [1.54, 1.807) is 0 Å². The number of hydrogen-bond acceptors (Lipinski definition) is 4. The van der Waals surface area contributed by atoms with Crippen LogP contribution in [-0.2, 0) is 5.41 Å². The minimum absolute atomic E-state index is 0.114. The summed E-state index contributed by atoms with van der Waals surface area (Å²) >= 11 is 0. The van der Waals surface area contributed by atoms with Crippen molar-refractivity contribution in [3.63, 3.8) is 0 Å². The van der Waals surface area contributed by atoms with Crippen LogP contribution in [0, 0.1) is 0 Å². The molecule has 0 saturated heterocycles. The van der Waals surface area contributed by atoms with Crippen molar-refractivity contribution in [2.45, 2.75) is 38.9 Å². The Morgan fingerprint density at radius 3 is 1.43 bits per heavy atom. The maximum Gasteiger partial charge on any atom is 0.137 e. The summed E-state index contributed by atoms with van der Waals surface area (Å²) in [6.07, 6.45) is 0. The van der Waals surface area contributed by atoms with Crippen molar-refractivity contribution in [2.75, 3.05) is 9.80 Å². The Morgan fingerprint density at radius 1 is 0.343 bits per heavy atom. The van der Waals surface area contributed by atoms with Crippen molar-refractivity contribution in [3.8, 4) is 56.4 Å². The Morgan fingerprint density at radius 2 is 0.806 bits per heavy atom. The summed E-state index contributed by atoms with van der Waals surface area (Å²) in [5.41, 5.74) is 16.1. The molecule has 10 aromatic rings. The van der Waals surface area contributed by atoms with Crippen LogP contribution in [-0.4, -0.2) is 8.07 Å². The van der Waals surface area contributed by atoms with Crippen molar-refractivity contribution in [1.29, 1.82) is 0 Å². The van der Waals surface area contributed by atoms with Crippen molar-refractivity contribution in [1.82, 2.24) is 0 Å². The Balaban J connectivity index is 0.888. The van der Waals surface area contributed by atoms with Gasteiger partial charge in [-0.2, -0.15) is 0 Å². The number of benzene rings is 10. The highest BCUT2D eigenvalue weighted by Gasteiger charge is 2.36. The molecular formula is C62H48N2O2Si. The number of fused-ring (bicyclic) bond motifs is 8. The van der Waals surface area contributed by atoms with Crippen molar-refractivity contribution in [3.05, 3.63) is 211 Å². The van der Waals surface area contributed by atoms with Gasteiger partial charge in [-0.1, -0.05) is 130 Å². The Bertz CT molecular complexity index is 3660. The Labute approximate surface area is 392 Å². The van der Waals surface area contributed by atoms with E-state index in [9.17, 15) is 0 Å². The molecule has 67 heavy (non-hydrogen) atoms. The lowest BCUT2D eigenvalue weighted by atomic mass is 9.82. The molecule has 10 aromatic carbocycles. The van der Waals surface area contributed by atoms with E-state index in [1.807, 2.05) is 0 Å². The zero-order valence-electron chi connectivity index (χ0n) is 38.3. The van der Waals surface area contributed by atoms with Crippen molar-refractivity contribution in [2.24, 2.45) is 0 Å². The second kappa shape index (κ2) is 14.6. The topological polar surface area (TPSA) is 24.9 Å². The molecule has 0 amide bonds. The van der Waals surface area contributed by atoms with Crippen LogP contribution in [0.2, 0.25) is 19.6 Å². The van der Waals surface area contributed by atoms with Gasteiger partial charge < -0.3 is 19.3 Å². The number of para-hydroxylation sites is 1. The lowest BCUT2D eigenvalue weighted by molar-refractivity contribution is 0.480. The molecule has 0 saturated carbocycles. The minimum Gasteiger partial charge on any atom is -0.456 e. The molecule has 0 N–H and O–H groups in total. The monoisotopic (exact) mass is 880 g/mol. The second-order valence-electron chi connectivity index (χ2n) is 19.8. The van der Waals surface area contributed by atoms with Gasteiger partial charge in [0, 0.05) is 73.6 Å². The van der Waals surface area contributed by atoms with E-state index in [4.69, 9.17) is 9.47 Å². The molecule has 4 nitrogen and oxygen atoms in total. The molecule has 0 aromatic heterocycles. The number of hydrogen-bond donors (Lipinski definition) is 0. The maximum absolute atomic E-state index is 6.95. The fourth-order valence-corrected chi connectivity index (χ4v) is 12.1. The van der Waals surface area contributed by atoms with Gasteiger partial charge in [0.25, 0.3) is 0 Å². The molecule has 5 heteroatoms. The van der Waals surface area contributed by atoms with Gasteiger partial charge in [0.2, 0.25) is 0 Å². The van der Waals surface area contributed by atoms with Crippen LogP contribution >= 0.6 is 0 Å². The third kappa shape index (κ3) is 6.18. The summed E-state index contributed by atoms with van der Waals surface area (Å²) in [4.78, 5) is 4.70. The molecule has 3 aliphatic rings. The van der Waals surface area contributed by atoms with E-state index in [0.29, 0.717) is 0 Å². The summed E-state index contributed by atoms with van der Waals surface area (Å²) in [7, 11) is -1.49. The van der Waals surface area contributed by atoms with Crippen LogP contribution in [0.25, 0.3) is 54.9 Å². The second-order valence-corrected chi connectivity index (χ2v) is 24.9. The molecule has 1 aliphatic carbocycles. The summed E-state index contributed by atoms with van der Waals surface area (Å²) in [6, 6.07) is 72.9. The lowest BCUT2D eigenvalue weighted by Crippen LogP contribution is -2.37. The van der Waals surface area contributed by atoms with Gasteiger partial charge in [-0.3, -0.25) is 0 Å². The van der Waals surface area contributed by atoms with Gasteiger partial charge in [0.1, 0.15) is 23.0 Å². The average molecular weight is 881 g/mol. The first-order chi connectivity index (χ1) is 32.6. The highest BCUT2D eigenvalue weighted by atomic mass is 28.3. The smallest absolute Gasteiger partial charge is 0.137 e. The first-order valence-electron chi connectivity index (χ1n) is 23.3. The van der Waals surface area contributed by atoms with E-state index in [1.165, 1.54) is 38.2 Å². The van der Waals surface area contributed by atoms with E-state index in [-0.39, 0.29) is 5.41 Å². The van der Waals surface area contributed by atoms with E-state index >= 15 is 0 Å². The third-order valence-electron chi connectivity index (χ3n) is 14.4. The van der Waals surface area contributed by atoms with Gasteiger partial charge in [-0.05, 0) is 141 Å². The molecule has 2 heterocycles. The van der Waals surface area contributed by atoms with Gasteiger partial charge in [0.05, 0.1) is 8.07 Å². The Kier molecular flexibility index (Phi) is 8.59. The van der Waals surface area contributed by atoms with Crippen LogP contribution in [0.15, 0.2) is 200 Å². The number of nitrogens with zero attached hydrogens (tertiary/aromatic N) is 2. The summed E-state index contributed by atoms with van der Waals surface area (Å²) in [6.45, 7) is 11.9. The standard InChI is InChI=1S/C62H48N2O2Si/c1-62(2)54-18-12-11-17-48(54)49-28-23-44(36-55(49)62)63(41-15-7-6-8-16-41)45-24-29-50-52-31-34-57-61-53(32-33-56(60(52)61)65-58(50)37-45)51-30-25-46(38-59(51)66-57)64(42-21-26-47(27-22-42)67(3,4)5)43-20-19-39-13-9-10-14-40(39)35-43/h6-38H,1-5H3. The SMILES string of the molecule is CC1(C)c2ccccc2-c2ccc(N(c3ccccc3)c3ccc4c(c3)Oc3ccc5c6c(ccc-4c36)Oc3cc(N(c4ccc([Si](C)(C)C)cc4)c4ccc6ccccc6c4)ccc3-5)cc21. The largest absolute Gasteiger partial charge is 0.456 e. The zero-order valence-corrected chi connectivity index (χ0v) is 39.3. The van der Waals surface area contributed by atoms with E-state index < -0.39 is 8.07 Å². The maximum atomic E-state index is 6.95. The number of anilines is 6. The molecule has 0 unspecified atom stereocenters. The fourth-order valence-electron chi connectivity index (χ4n) is 10.9. The molecule has 0 radical (unpaired) electrons. The predicted molar refractivity (Wildman–Crippen MR) is 282 cm³/mol. The summed E-state index contributed by atoms with van der Waals surface area (Å²) in [5.74, 6) is 3.32. The first kappa shape index (κ1) is 39.5. The number of ether oxygens (including phenoxy) is 2. The Hall–Kier alpha value is -7.86. The molecule has 0 fully saturated rings. The minimum atomic E-state index is -1.49.